The Bertz CT molecular complexity index is 817. The highest BCUT2D eigenvalue weighted by Crippen LogP contribution is 2.31. The number of carbonyl (C=O) groups excluding carboxylic acids is 1. The van der Waals surface area contributed by atoms with Crippen LogP contribution in [0.15, 0.2) is 60.0 Å². The molecular formula is C20H19NOS. The molecule has 1 saturated heterocycles. The number of benzene rings is 2. The molecule has 0 unspecified atom stereocenters. The number of piperidine rings is 1. The van der Waals surface area contributed by atoms with Crippen molar-refractivity contribution in [3.63, 3.8) is 0 Å². The maximum Gasteiger partial charge on any atom is 0.253 e. The zero-order valence-electron chi connectivity index (χ0n) is 12.9. The van der Waals surface area contributed by atoms with Crippen molar-refractivity contribution in [2.75, 3.05) is 13.1 Å². The van der Waals surface area contributed by atoms with Gasteiger partial charge in [0.25, 0.3) is 5.91 Å². The lowest BCUT2D eigenvalue weighted by Crippen LogP contribution is -2.37. The zero-order chi connectivity index (χ0) is 15.6. The Labute approximate surface area is 140 Å². The van der Waals surface area contributed by atoms with Gasteiger partial charge in [0.1, 0.15) is 0 Å². The highest BCUT2D eigenvalue weighted by atomic mass is 32.1. The standard InChI is InChI=1S/C20H19NOS/c22-20(18-8-7-15-4-1-2-5-17(15)14-18)21-11-9-16(10-12-21)19-6-3-13-23-19/h1-8,13-14,16H,9-12H2. The highest BCUT2D eigenvalue weighted by molar-refractivity contribution is 7.10. The Hall–Kier alpha value is -2.13. The highest BCUT2D eigenvalue weighted by Gasteiger charge is 2.25. The van der Waals surface area contributed by atoms with Crippen molar-refractivity contribution in [1.29, 1.82) is 0 Å². The predicted molar refractivity (Wildman–Crippen MR) is 96.1 cm³/mol. The van der Waals surface area contributed by atoms with E-state index in [0.717, 1.165) is 36.9 Å². The van der Waals surface area contributed by atoms with E-state index in [9.17, 15) is 4.79 Å². The van der Waals surface area contributed by atoms with E-state index in [-0.39, 0.29) is 5.91 Å². The van der Waals surface area contributed by atoms with Gasteiger partial charge in [-0.2, -0.15) is 0 Å². The minimum atomic E-state index is 0.167. The summed E-state index contributed by atoms with van der Waals surface area (Å²) in [4.78, 5) is 16.2. The zero-order valence-corrected chi connectivity index (χ0v) is 13.8. The molecule has 0 radical (unpaired) electrons. The molecule has 23 heavy (non-hydrogen) atoms. The molecule has 3 heteroatoms. The number of carbonyl (C=O) groups is 1. The molecule has 0 spiro atoms. The van der Waals surface area contributed by atoms with Crippen LogP contribution in [0.5, 0.6) is 0 Å². The first kappa shape index (κ1) is 14.5. The number of hydrogen-bond donors (Lipinski definition) is 0. The number of rotatable bonds is 2. The number of likely N-dealkylation sites (tertiary alicyclic amines) is 1. The summed E-state index contributed by atoms with van der Waals surface area (Å²) in [6, 6.07) is 18.5. The molecule has 2 aromatic carbocycles. The van der Waals surface area contributed by atoms with Gasteiger partial charge in [0.2, 0.25) is 0 Å². The molecule has 1 aromatic heterocycles. The normalized spacial score (nSPS) is 15.9. The van der Waals surface area contributed by atoms with Crippen molar-refractivity contribution in [3.05, 3.63) is 70.4 Å². The van der Waals surface area contributed by atoms with Gasteiger partial charge >= 0.3 is 0 Å². The summed E-state index contributed by atoms with van der Waals surface area (Å²) in [5.41, 5.74) is 0.804. The van der Waals surface area contributed by atoms with Gasteiger partial charge in [-0.1, -0.05) is 36.4 Å². The Balaban J connectivity index is 1.48. The Morgan fingerprint density at radius 3 is 2.48 bits per heavy atom. The summed E-state index contributed by atoms with van der Waals surface area (Å²) in [6.45, 7) is 1.71. The molecule has 1 fully saturated rings. The first-order valence-corrected chi connectivity index (χ1v) is 9.01. The molecule has 4 rings (SSSR count). The minimum Gasteiger partial charge on any atom is -0.339 e. The topological polar surface area (TPSA) is 20.3 Å². The van der Waals surface area contributed by atoms with Crippen LogP contribution in [-0.2, 0) is 0 Å². The molecule has 1 aliphatic rings. The average Bonchev–Trinajstić information content (AvgIpc) is 3.15. The molecule has 0 saturated carbocycles. The number of thiophene rings is 1. The fourth-order valence-electron chi connectivity index (χ4n) is 3.40. The van der Waals surface area contributed by atoms with Crippen molar-refractivity contribution in [1.82, 2.24) is 4.90 Å². The van der Waals surface area contributed by atoms with Crippen molar-refractivity contribution < 1.29 is 4.79 Å². The number of nitrogens with zero attached hydrogens (tertiary/aromatic N) is 1. The fraction of sp³-hybridized carbons (Fsp3) is 0.250. The van der Waals surface area contributed by atoms with E-state index in [1.54, 1.807) is 0 Å². The number of fused-ring (bicyclic) bond motifs is 1. The van der Waals surface area contributed by atoms with Gasteiger partial charge < -0.3 is 4.90 Å². The molecule has 0 aliphatic carbocycles. The lowest BCUT2D eigenvalue weighted by molar-refractivity contribution is 0.0714. The Morgan fingerprint density at radius 1 is 0.957 bits per heavy atom. The third kappa shape index (κ3) is 2.89. The molecule has 3 aromatic rings. The van der Waals surface area contributed by atoms with Gasteiger partial charge in [0, 0.05) is 23.5 Å². The van der Waals surface area contributed by atoms with E-state index < -0.39 is 0 Å². The SMILES string of the molecule is O=C(c1ccc2ccccc2c1)N1CCC(c2cccs2)CC1. The maximum atomic E-state index is 12.8. The van der Waals surface area contributed by atoms with Crippen LogP contribution in [-0.4, -0.2) is 23.9 Å². The van der Waals surface area contributed by atoms with Crippen LogP contribution in [0.3, 0.4) is 0 Å². The lowest BCUT2D eigenvalue weighted by Gasteiger charge is -2.31. The predicted octanol–water partition coefficient (Wildman–Crippen LogP) is 4.92. The molecule has 0 atom stereocenters. The monoisotopic (exact) mass is 321 g/mol. The summed E-state index contributed by atoms with van der Waals surface area (Å²) < 4.78 is 0. The quantitative estimate of drug-likeness (QED) is 0.656. The van der Waals surface area contributed by atoms with E-state index in [1.165, 1.54) is 10.3 Å². The summed E-state index contributed by atoms with van der Waals surface area (Å²) in [6.07, 6.45) is 2.14. The van der Waals surface area contributed by atoms with Gasteiger partial charge in [0.05, 0.1) is 0 Å². The largest absolute Gasteiger partial charge is 0.339 e. The lowest BCUT2D eigenvalue weighted by atomic mass is 9.94. The van der Waals surface area contributed by atoms with Crippen LogP contribution in [0, 0.1) is 0 Å². The van der Waals surface area contributed by atoms with E-state index in [2.05, 4.69) is 29.6 Å². The second-order valence-corrected chi connectivity index (χ2v) is 7.12. The molecule has 116 valence electrons. The average molecular weight is 321 g/mol. The van der Waals surface area contributed by atoms with Crippen LogP contribution in [0.25, 0.3) is 10.8 Å². The molecule has 2 heterocycles. The van der Waals surface area contributed by atoms with E-state index in [4.69, 9.17) is 0 Å². The molecule has 0 N–H and O–H groups in total. The first-order valence-electron chi connectivity index (χ1n) is 8.13. The summed E-state index contributed by atoms with van der Waals surface area (Å²) >= 11 is 1.83. The maximum absolute atomic E-state index is 12.8. The second kappa shape index (κ2) is 6.17. The van der Waals surface area contributed by atoms with Gasteiger partial charge in [-0.3, -0.25) is 4.79 Å². The van der Waals surface area contributed by atoms with Crippen LogP contribution < -0.4 is 0 Å². The third-order valence-corrected chi connectivity index (χ3v) is 5.76. The fourth-order valence-corrected chi connectivity index (χ4v) is 4.30. The van der Waals surface area contributed by atoms with Gasteiger partial charge in [-0.05, 0) is 53.1 Å². The van der Waals surface area contributed by atoms with Gasteiger partial charge in [-0.25, -0.2) is 0 Å². The van der Waals surface area contributed by atoms with Crippen molar-refractivity contribution >= 4 is 28.0 Å². The molecule has 1 amide bonds. The van der Waals surface area contributed by atoms with E-state index >= 15 is 0 Å². The van der Waals surface area contributed by atoms with Crippen LogP contribution in [0.4, 0.5) is 0 Å². The van der Waals surface area contributed by atoms with E-state index in [0.29, 0.717) is 5.92 Å². The van der Waals surface area contributed by atoms with Crippen molar-refractivity contribution in [3.8, 4) is 0 Å². The summed E-state index contributed by atoms with van der Waals surface area (Å²) in [7, 11) is 0. The third-order valence-electron chi connectivity index (χ3n) is 4.72. The summed E-state index contributed by atoms with van der Waals surface area (Å²) in [5, 5.41) is 4.45. The molecule has 1 aliphatic heterocycles. The Kier molecular flexibility index (Phi) is 3.88. The van der Waals surface area contributed by atoms with Gasteiger partial charge in [-0.15, -0.1) is 11.3 Å². The smallest absolute Gasteiger partial charge is 0.253 e. The number of amides is 1. The van der Waals surface area contributed by atoms with Gasteiger partial charge in [0.15, 0.2) is 0 Å². The summed E-state index contributed by atoms with van der Waals surface area (Å²) in [5.74, 6) is 0.788. The minimum absolute atomic E-state index is 0.167. The second-order valence-electron chi connectivity index (χ2n) is 6.14. The van der Waals surface area contributed by atoms with Crippen LogP contribution in [0.2, 0.25) is 0 Å². The van der Waals surface area contributed by atoms with E-state index in [1.807, 2.05) is 46.6 Å². The molecule has 2 nitrogen and oxygen atoms in total. The Morgan fingerprint density at radius 2 is 1.74 bits per heavy atom. The number of hydrogen-bond acceptors (Lipinski definition) is 2. The van der Waals surface area contributed by atoms with Crippen molar-refractivity contribution in [2.24, 2.45) is 0 Å². The molecular weight excluding hydrogens is 302 g/mol. The first-order chi connectivity index (χ1) is 11.3. The van der Waals surface area contributed by atoms with Crippen LogP contribution >= 0.6 is 11.3 Å². The van der Waals surface area contributed by atoms with Crippen molar-refractivity contribution in [2.45, 2.75) is 18.8 Å². The molecule has 0 bridgehead atoms. The van der Waals surface area contributed by atoms with Crippen LogP contribution in [0.1, 0.15) is 34.0 Å².